The Labute approximate surface area is 218 Å². The summed E-state index contributed by atoms with van der Waals surface area (Å²) in [5, 5.41) is 11.2. The number of likely N-dealkylation sites (tertiary alicyclic amines) is 1. The minimum atomic E-state index is -0.0647. The van der Waals surface area contributed by atoms with Crippen molar-refractivity contribution in [3.8, 4) is 0 Å². The van der Waals surface area contributed by atoms with Gasteiger partial charge in [-0.1, -0.05) is 38.1 Å². The van der Waals surface area contributed by atoms with E-state index in [9.17, 15) is 9.59 Å². The lowest BCUT2D eigenvalue weighted by Gasteiger charge is -2.32. The molecule has 1 N–H and O–H groups in total. The molecular formula is C30H35N5O2. The summed E-state index contributed by atoms with van der Waals surface area (Å²) in [6.45, 7) is 7.30. The summed E-state index contributed by atoms with van der Waals surface area (Å²) in [5.74, 6) is 1.81. The van der Waals surface area contributed by atoms with Crippen molar-refractivity contribution in [3.63, 3.8) is 0 Å². The van der Waals surface area contributed by atoms with Crippen LogP contribution in [0.5, 0.6) is 0 Å². The van der Waals surface area contributed by atoms with Gasteiger partial charge in [-0.05, 0) is 78.6 Å². The van der Waals surface area contributed by atoms with Crippen LogP contribution in [0.2, 0.25) is 0 Å². The van der Waals surface area contributed by atoms with Gasteiger partial charge in [0.15, 0.2) is 5.82 Å². The van der Waals surface area contributed by atoms with E-state index in [4.69, 9.17) is 0 Å². The molecular weight excluding hydrogens is 462 g/mol. The molecule has 0 unspecified atom stereocenters. The van der Waals surface area contributed by atoms with Crippen molar-refractivity contribution in [2.45, 2.75) is 44.9 Å². The molecule has 0 aliphatic carbocycles. The SMILES string of the molecule is CC(C)c1ccc(C(=O)N2CCC(c3ccc(NC(=O)[C@H]4CCN(c5cccnn5)C4)cc3)CC2)cc1. The highest BCUT2D eigenvalue weighted by atomic mass is 16.2. The van der Waals surface area contributed by atoms with Crippen LogP contribution in [0.4, 0.5) is 11.5 Å². The first kappa shape index (κ1) is 24.9. The number of carbonyl (C=O) groups is 2. The highest BCUT2D eigenvalue weighted by Gasteiger charge is 2.29. The summed E-state index contributed by atoms with van der Waals surface area (Å²) in [6, 6.07) is 20.0. The number of carbonyl (C=O) groups excluding carboxylic acids is 2. The second-order valence-corrected chi connectivity index (χ2v) is 10.5. The fourth-order valence-electron chi connectivity index (χ4n) is 5.34. The first-order valence-corrected chi connectivity index (χ1v) is 13.3. The summed E-state index contributed by atoms with van der Waals surface area (Å²) in [7, 11) is 0. The van der Waals surface area contributed by atoms with Gasteiger partial charge < -0.3 is 15.1 Å². The van der Waals surface area contributed by atoms with Crippen molar-refractivity contribution < 1.29 is 9.59 Å². The summed E-state index contributed by atoms with van der Waals surface area (Å²) in [4.78, 5) is 29.9. The number of benzene rings is 2. The van der Waals surface area contributed by atoms with Gasteiger partial charge in [-0.15, -0.1) is 5.10 Å². The van der Waals surface area contributed by atoms with Crippen LogP contribution in [0.25, 0.3) is 0 Å². The first-order chi connectivity index (χ1) is 18.0. The van der Waals surface area contributed by atoms with Gasteiger partial charge in [0.2, 0.25) is 5.91 Å². The van der Waals surface area contributed by atoms with Gasteiger partial charge in [-0.3, -0.25) is 9.59 Å². The van der Waals surface area contributed by atoms with Gasteiger partial charge in [0.25, 0.3) is 5.91 Å². The number of aromatic nitrogens is 2. The number of piperidine rings is 1. The molecule has 2 amide bonds. The normalized spacial score (nSPS) is 18.3. The molecule has 37 heavy (non-hydrogen) atoms. The fourth-order valence-corrected chi connectivity index (χ4v) is 5.34. The van der Waals surface area contributed by atoms with E-state index < -0.39 is 0 Å². The maximum Gasteiger partial charge on any atom is 0.253 e. The second kappa shape index (κ2) is 11.1. The van der Waals surface area contributed by atoms with Crippen molar-refractivity contribution in [1.29, 1.82) is 0 Å². The van der Waals surface area contributed by atoms with E-state index in [-0.39, 0.29) is 17.7 Å². The summed E-state index contributed by atoms with van der Waals surface area (Å²) in [6.07, 6.45) is 4.35. The maximum absolute atomic E-state index is 13.0. The zero-order valence-electron chi connectivity index (χ0n) is 21.6. The van der Waals surface area contributed by atoms with E-state index in [1.165, 1.54) is 11.1 Å². The minimum Gasteiger partial charge on any atom is -0.354 e. The Kier molecular flexibility index (Phi) is 7.49. The van der Waals surface area contributed by atoms with Crippen LogP contribution in [0.3, 0.4) is 0 Å². The topological polar surface area (TPSA) is 78.4 Å². The fraction of sp³-hybridized carbons (Fsp3) is 0.400. The number of anilines is 2. The number of hydrogen-bond acceptors (Lipinski definition) is 5. The van der Waals surface area contributed by atoms with Crippen LogP contribution in [0.15, 0.2) is 66.9 Å². The lowest BCUT2D eigenvalue weighted by atomic mass is 9.89. The van der Waals surface area contributed by atoms with E-state index in [1.807, 2.05) is 41.3 Å². The number of hydrogen-bond donors (Lipinski definition) is 1. The third kappa shape index (κ3) is 5.82. The molecule has 192 valence electrons. The van der Waals surface area contributed by atoms with Crippen molar-refractivity contribution in [3.05, 3.63) is 83.6 Å². The molecule has 5 rings (SSSR count). The molecule has 2 aliphatic heterocycles. The average molecular weight is 498 g/mol. The summed E-state index contributed by atoms with van der Waals surface area (Å²) >= 11 is 0. The Hall–Kier alpha value is -3.74. The zero-order valence-corrected chi connectivity index (χ0v) is 21.6. The van der Waals surface area contributed by atoms with Gasteiger partial charge in [-0.2, -0.15) is 5.10 Å². The quantitative estimate of drug-likeness (QED) is 0.514. The molecule has 3 aromatic rings. The monoisotopic (exact) mass is 497 g/mol. The Balaban J connectivity index is 1.11. The van der Waals surface area contributed by atoms with Crippen LogP contribution in [0, 0.1) is 5.92 Å². The molecule has 7 heteroatoms. The average Bonchev–Trinajstić information content (AvgIpc) is 3.45. The molecule has 3 heterocycles. The van der Waals surface area contributed by atoms with Crippen LogP contribution >= 0.6 is 0 Å². The highest BCUT2D eigenvalue weighted by Crippen LogP contribution is 2.30. The van der Waals surface area contributed by atoms with Crippen LogP contribution in [-0.4, -0.2) is 53.1 Å². The van der Waals surface area contributed by atoms with E-state index in [0.29, 0.717) is 18.4 Å². The number of nitrogens with zero attached hydrogens (tertiary/aromatic N) is 4. The predicted octanol–water partition coefficient (Wildman–Crippen LogP) is 5.08. The van der Waals surface area contributed by atoms with Gasteiger partial charge >= 0.3 is 0 Å². The van der Waals surface area contributed by atoms with Gasteiger partial charge in [0.1, 0.15) is 0 Å². The molecule has 2 aromatic carbocycles. The Morgan fingerprint density at radius 1 is 0.919 bits per heavy atom. The maximum atomic E-state index is 13.0. The van der Waals surface area contributed by atoms with Crippen molar-refractivity contribution >= 4 is 23.3 Å². The molecule has 7 nitrogen and oxygen atoms in total. The lowest BCUT2D eigenvalue weighted by molar-refractivity contribution is -0.119. The smallest absolute Gasteiger partial charge is 0.253 e. The number of rotatable bonds is 6. The molecule has 0 radical (unpaired) electrons. The molecule has 1 atom stereocenters. The Morgan fingerprint density at radius 3 is 2.30 bits per heavy atom. The van der Waals surface area contributed by atoms with Gasteiger partial charge in [0.05, 0.1) is 5.92 Å². The highest BCUT2D eigenvalue weighted by molar-refractivity contribution is 5.94. The molecule has 0 spiro atoms. The Bertz CT molecular complexity index is 1200. The first-order valence-electron chi connectivity index (χ1n) is 13.3. The van der Waals surface area contributed by atoms with Crippen molar-refractivity contribution in [1.82, 2.24) is 15.1 Å². The van der Waals surface area contributed by atoms with Crippen LogP contribution in [0.1, 0.15) is 66.4 Å². The summed E-state index contributed by atoms with van der Waals surface area (Å²) < 4.78 is 0. The number of nitrogens with one attached hydrogen (secondary N) is 1. The molecule has 0 bridgehead atoms. The third-order valence-corrected chi connectivity index (χ3v) is 7.70. The number of amides is 2. The van der Waals surface area contributed by atoms with Crippen molar-refractivity contribution in [2.75, 3.05) is 36.4 Å². The van der Waals surface area contributed by atoms with Gasteiger partial charge in [-0.25, -0.2) is 0 Å². The predicted molar refractivity (Wildman–Crippen MR) is 146 cm³/mol. The largest absolute Gasteiger partial charge is 0.354 e. The summed E-state index contributed by atoms with van der Waals surface area (Å²) in [5.41, 5.74) is 4.11. The third-order valence-electron chi connectivity index (χ3n) is 7.70. The van der Waals surface area contributed by atoms with E-state index in [2.05, 4.69) is 58.5 Å². The molecule has 2 saturated heterocycles. The minimum absolute atomic E-state index is 0.0485. The van der Waals surface area contributed by atoms with Crippen LogP contribution in [-0.2, 0) is 4.79 Å². The second-order valence-electron chi connectivity index (χ2n) is 10.5. The Morgan fingerprint density at radius 2 is 1.65 bits per heavy atom. The lowest BCUT2D eigenvalue weighted by Crippen LogP contribution is -2.37. The van der Waals surface area contributed by atoms with Crippen molar-refractivity contribution in [2.24, 2.45) is 5.92 Å². The molecule has 2 aliphatic rings. The van der Waals surface area contributed by atoms with Gasteiger partial charge in [0, 0.05) is 43.6 Å². The van der Waals surface area contributed by atoms with Crippen LogP contribution < -0.4 is 10.2 Å². The zero-order chi connectivity index (χ0) is 25.8. The van der Waals surface area contributed by atoms with E-state index in [1.54, 1.807) is 6.20 Å². The molecule has 1 aromatic heterocycles. The molecule has 0 saturated carbocycles. The van der Waals surface area contributed by atoms with E-state index in [0.717, 1.165) is 56.0 Å². The van der Waals surface area contributed by atoms with E-state index >= 15 is 0 Å². The standard InChI is InChI=1S/C30H35N5O2/c1-21(2)22-5-7-25(8-6-22)30(37)34-17-13-24(14-18-34)23-9-11-27(12-10-23)32-29(36)26-15-19-35(20-26)28-4-3-16-31-33-28/h3-12,16,21,24,26H,13-15,17-20H2,1-2H3,(H,32,36)/t26-/m0/s1. The molecule has 2 fully saturated rings.